The summed E-state index contributed by atoms with van der Waals surface area (Å²) < 4.78 is 16.1. The fraction of sp³-hybridized carbons (Fsp3) is 0.286. The molecule has 170 valence electrons. The van der Waals surface area contributed by atoms with E-state index in [1.165, 1.54) is 18.2 Å². The Labute approximate surface area is 192 Å². The molecular weight excluding hydrogens is 454 g/mol. The van der Waals surface area contributed by atoms with Crippen LogP contribution in [0, 0.1) is 0 Å². The number of imide groups is 1. The number of anilines is 2. The number of rotatable bonds is 5. The van der Waals surface area contributed by atoms with E-state index in [0.29, 0.717) is 41.8 Å². The zero-order chi connectivity index (χ0) is 23.1. The van der Waals surface area contributed by atoms with Gasteiger partial charge in [0.2, 0.25) is 5.91 Å². The van der Waals surface area contributed by atoms with Gasteiger partial charge < -0.3 is 19.5 Å². The van der Waals surface area contributed by atoms with E-state index >= 15 is 0 Å². The number of carbonyl (C=O) groups excluding carboxylic acids is 3. The first-order valence-electron chi connectivity index (χ1n) is 10.0. The lowest BCUT2D eigenvalue weighted by atomic mass is 10.1. The predicted molar refractivity (Wildman–Crippen MR) is 116 cm³/mol. The van der Waals surface area contributed by atoms with Crippen molar-refractivity contribution in [3.63, 3.8) is 0 Å². The summed E-state index contributed by atoms with van der Waals surface area (Å²) >= 11 is 6.15. The first-order valence-corrected chi connectivity index (χ1v) is 10.4. The third-order valence-corrected chi connectivity index (χ3v) is 5.68. The molecule has 0 radical (unpaired) electrons. The van der Waals surface area contributed by atoms with Gasteiger partial charge in [0, 0.05) is 11.8 Å². The number of nitrogens with one attached hydrogen (secondary N) is 1. The number of methoxy groups -OCH3 is 1. The summed E-state index contributed by atoms with van der Waals surface area (Å²) in [6.45, 7) is 0.622. The largest absolute Gasteiger partial charge is 0.495 e. The first kappa shape index (κ1) is 21.0. The Bertz CT molecular complexity index is 1190. The van der Waals surface area contributed by atoms with E-state index in [-0.39, 0.29) is 11.6 Å². The normalized spacial score (nSPS) is 20.8. The molecule has 5 rings (SSSR count). The van der Waals surface area contributed by atoms with Crippen molar-refractivity contribution in [3.05, 3.63) is 41.4 Å². The van der Waals surface area contributed by atoms with Crippen LogP contribution in [0.4, 0.5) is 11.4 Å². The van der Waals surface area contributed by atoms with Gasteiger partial charge in [0.1, 0.15) is 25.5 Å². The van der Waals surface area contributed by atoms with Crippen molar-refractivity contribution >= 4 is 40.7 Å². The summed E-state index contributed by atoms with van der Waals surface area (Å²) in [5, 5.41) is 12.0. The summed E-state index contributed by atoms with van der Waals surface area (Å²) in [7, 11) is 1.46. The van der Waals surface area contributed by atoms with E-state index in [1.54, 1.807) is 30.3 Å². The molecule has 0 spiro atoms. The summed E-state index contributed by atoms with van der Waals surface area (Å²) in [5.41, 5.74) is 0.793. The van der Waals surface area contributed by atoms with E-state index in [2.05, 4.69) is 15.7 Å². The fourth-order valence-corrected chi connectivity index (χ4v) is 4.12. The van der Waals surface area contributed by atoms with Crippen molar-refractivity contribution in [3.8, 4) is 17.2 Å². The van der Waals surface area contributed by atoms with E-state index in [1.807, 2.05) is 0 Å². The van der Waals surface area contributed by atoms with Gasteiger partial charge >= 0.3 is 0 Å². The zero-order valence-corrected chi connectivity index (χ0v) is 18.1. The second-order valence-corrected chi connectivity index (χ2v) is 7.84. The van der Waals surface area contributed by atoms with E-state index in [4.69, 9.17) is 25.8 Å². The number of fused-ring (bicyclic) bond motifs is 2. The van der Waals surface area contributed by atoms with Gasteiger partial charge in [-0.1, -0.05) is 16.8 Å². The van der Waals surface area contributed by atoms with Gasteiger partial charge in [-0.2, -0.15) is 5.11 Å². The van der Waals surface area contributed by atoms with Crippen LogP contribution in [0.15, 0.2) is 46.7 Å². The average Bonchev–Trinajstić information content (AvgIpc) is 3.32. The average molecular weight is 472 g/mol. The lowest BCUT2D eigenvalue weighted by molar-refractivity contribution is -0.123. The van der Waals surface area contributed by atoms with E-state index in [9.17, 15) is 14.4 Å². The monoisotopic (exact) mass is 471 g/mol. The highest BCUT2D eigenvalue weighted by Crippen LogP contribution is 2.36. The zero-order valence-electron chi connectivity index (χ0n) is 17.4. The van der Waals surface area contributed by atoms with Crippen LogP contribution < -0.4 is 24.4 Å². The topological polar surface area (TPSA) is 122 Å². The van der Waals surface area contributed by atoms with Crippen molar-refractivity contribution in [1.29, 1.82) is 0 Å². The van der Waals surface area contributed by atoms with Crippen molar-refractivity contribution in [2.75, 3.05) is 37.1 Å². The molecular formula is C21H18ClN5O6. The highest BCUT2D eigenvalue weighted by Gasteiger charge is 2.55. The van der Waals surface area contributed by atoms with Crippen LogP contribution in [-0.2, 0) is 14.4 Å². The Balaban J connectivity index is 1.29. The Morgan fingerprint density at radius 2 is 1.94 bits per heavy atom. The van der Waals surface area contributed by atoms with Crippen LogP contribution in [0.25, 0.3) is 0 Å². The Kier molecular flexibility index (Phi) is 5.25. The lowest BCUT2D eigenvalue weighted by Crippen LogP contribution is -2.43. The van der Waals surface area contributed by atoms with Crippen molar-refractivity contribution in [2.45, 2.75) is 12.1 Å². The van der Waals surface area contributed by atoms with Crippen LogP contribution in [-0.4, -0.2) is 61.7 Å². The number of halogens is 1. The number of nitrogens with zero attached hydrogens (tertiary/aromatic N) is 4. The molecule has 2 aromatic rings. The van der Waals surface area contributed by atoms with Gasteiger partial charge in [-0.25, -0.2) is 4.90 Å². The Hall–Kier alpha value is -3.86. The van der Waals surface area contributed by atoms with Crippen molar-refractivity contribution in [2.24, 2.45) is 10.3 Å². The SMILES string of the molecule is COc1ccc(N2C(=O)[C@H]3N=NN(CC(=O)Nc4ccc5c(c4)OCCO5)[C@H]3C2=O)cc1Cl. The molecule has 0 aliphatic carbocycles. The molecule has 1 saturated heterocycles. The van der Waals surface area contributed by atoms with Gasteiger partial charge in [-0.3, -0.25) is 19.4 Å². The van der Waals surface area contributed by atoms with Crippen LogP contribution >= 0.6 is 11.6 Å². The predicted octanol–water partition coefficient (Wildman–Crippen LogP) is 2.05. The molecule has 3 aliphatic rings. The minimum atomic E-state index is -1.03. The molecule has 33 heavy (non-hydrogen) atoms. The van der Waals surface area contributed by atoms with Gasteiger partial charge in [0.15, 0.2) is 23.6 Å². The molecule has 1 fully saturated rings. The molecule has 12 heteroatoms. The fourth-order valence-electron chi connectivity index (χ4n) is 3.87. The van der Waals surface area contributed by atoms with E-state index < -0.39 is 29.8 Å². The lowest BCUT2D eigenvalue weighted by Gasteiger charge is -2.21. The quantitative estimate of drug-likeness (QED) is 0.662. The number of ether oxygens (including phenoxy) is 3. The number of amides is 3. The smallest absolute Gasteiger partial charge is 0.263 e. The number of hydrogen-bond donors (Lipinski definition) is 1. The maximum atomic E-state index is 13.1. The van der Waals surface area contributed by atoms with Crippen molar-refractivity contribution < 1.29 is 28.6 Å². The molecule has 11 nitrogen and oxygen atoms in total. The second-order valence-electron chi connectivity index (χ2n) is 7.43. The number of benzene rings is 2. The third kappa shape index (κ3) is 3.69. The Morgan fingerprint density at radius 1 is 1.15 bits per heavy atom. The molecule has 0 unspecified atom stereocenters. The molecule has 3 heterocycles. The maximum absolute atomic E-state index is 13.1. The molecule has 3 aliphatic heterocycles. The molecule has 0 bridgehead atoms. The van der Waals surface area contributed by atoms with Crippen LogP contribution in [0.1, 0.15) is 0 Å². The van der Waals surface area contributed by atoms with Crippen LogP contribution in [0.3, 0.4) is 0 Å². The van der Waals surface area contributed by atoms with Gasteiger partial charge in [0.05, 0.1) is 17.8 Å². The molecule has 3 amide bonds. The maximum Gasteiger partial charge on any atom is 0.263 e. The minimum absolute atomic E-state index is 0.255. The highest BCUT2D eigenvalue weighted by atomic mass is 35.5. The Morgan fingerprint density at radius 3 is 2.70 bits per heavy atom. The summed E-state index contributed by atoms with van der Waals surface area (Å²) in [5.74, 6) is 0.0388. The van der Waals surface area contributed by atoms with Crippen molar-refractivity contribution in [1.82, 2.24) is 5.01 Å². The second kappa shape index (κ2) is 8.24. The molecule has 1 N–H and O–H groups in total. The molecule has 0 aromatic heterocycles. The van der Waals surface area contributed by atoms with Gasteiger partial charge in [0.25, 0.3) is 11.8 Å². The third-order valence-electron chi connectivity index (χ3n) is 5.38. The molecule has 2 atom stereocenters. The van der Waals surface area contributed by atoms with Gasteiger partial charge in [-0.15, -0.1) is 0 Å². The van der Waals surface area contributed by atoms with Crippen LogP contribution in [0.2, 0.25) is 5.02 Å². The summed E-state index contributed by atoms with van der Waals surface area (Å²) in [4.78, 5) is 39.5. The highest BCUT2D eigenvalue weighted by molar-refractivity contribution is 6.33. The standard InChI is InChI=1S/C21H18ClN5O6/c1-31-14-5-3-12(9-13(14)22)27-20(29)18-19(21(27)30)26(25-24-18)10-17(28)23-11-2-4-15-16(8-11)33-7-6-32-15/h2-5,8-9,18-19H,6-7,10H2,1H3,(H,23,28)/t18-,19+/m0/s1. The number of carbonyl (C=O) groups is 3. The van der Waals surface area contributed by atoms with E-state index in [0.717, 1.165) is 4.90 Å². The molecule has 0 saturated carbocycles. The van der Waals surface area contributed by atoms with Crippen LogP contribution in [0.5, 0.6) is 17.2 Å². The molecule has 2 aromatic carbocycles. The first-order chi connectivity index (χ1) is 16.0. The van der Waals surface area contributed by atoms with Gasteiger partial charge in [-0.05, 0) is 30.3 Å². The summed E-state index contributed by atoms with van der Waals surface area (Å²) in [6.07, 6.45) is 0. The minimum Gasteiger partial charge on any atom is -0.495 e. The summed E-state index contributed by atoms with van der Waals surface area (Å²) in [6, 6.07) is 7.58. The number of hydrogen-bond acceptors (Lipinski definition) is 9.